The third-order valence-electron chi connectivity index (χ3n) is 4.65. The van der Waals surface area contributed by atoms with Gasteiger partial charge < -0.3 is 9.72 Å². The summed E-state index contributed by atoms with van der Waals surface area (Å²) in [4.78, 5) is 15.7. The second-order valence-corrected chi connectivity index (χ2v) is 7.27. The number of hydrogen-bond donors (Lipinski definition) is 3. The van der Waals surface area contributed by atoms with Crippen molar-refractivity contribution in [2.24, 2.45) is 5.10 Å². The summed E-state index contributed by atoms with van der Waals surface area (Å²) < 4.78 is 5.65. The minimum atomic E-state index is -0.359. The van der Waals surface area contributed by atoms with Crippen molar-refractivity contribution < 1.29 is 9.53 Å². The number of nitrogens with zero attached hydrogens (tertiary/aromatic N) is 2. The first-order valence-electron chi connectivity index (χ1n) is 9.74. The van der Waals surface area contributed by atoms with Crippen LogP contribution in [0, 0.1) is 6.92 Å². The summed E-state index contributed by atoms with van der Waals surface area (Å²) in [7, 11) is 0. The van der Waals surface area contributed by atoms with Gasteiger partial charge in [0, 0.05) is 27.7 Å². The van der Waals surface area contributed by atoms with E-state index in [1.54, 1.807) is 12.3 Å². The molecular weight excluding hydrogens is 378 g/mol. The lowest BCUT2D eigenvalue weighted by molar-refractivity contribution is 0.0950. The Bertz CT molecular complexity index is 1200. The summed E-state index contributed by atoms with van der Waals surface area (Å²) in [5, 5.41) is 12.2. The zero-order chi connectivity index (χ0) is 21.1. The zero-order valence-corrected chi connectivity index (χ0v) is 17.1. The van der Waals surface area contributed by atoms with Crippen LogP contribution in [-0.2, 0) is 0 Å². The van der Waals surface area contributed by atoms with Crippen LogP contribution >= 0.6 is 0 Å². The van der Waals surface area contributed by atoms with E-state index in [9.17, 15) is 4.79 Å². The second-order valence-electron chi connectivity index (χ2n) is 7.27. The van der Waals surface area contributed by atoms with E-state index in [-0.39, 0.29) is 12.0 Å². The predicted molar refractivity (Wildman–Crippen MR) is 118 cm³/mol. The minimum Gasteiger partial charge on any atom is -0.491 e. The van der Waals surface area contributed by atoms with Crippen LogP contribution in [0.3, 0.4) is 0 Å². The molecule has 3 N–H and O–H groups in total. The molecule has 0 aliphatic rings. The van der Waals surface area contributed by atoms with Crippen LogP contribution in [-0.4, -0.2) is 33.4 Å². The SMILES string of the molecule is Cc1[nH]c2ccccc2c1/C=N\NC(=O)c1cc(-c2ccc(OC(C)C)cc2)n[nH]1. The average molecular weight is 401 g/mol. The van der Waals surface area contributed by atoms with E-state index < -0.39 is 0 Å². The van der Waals surface area contributed by atoms with Gasteiger partial charge >= 0.3 is 0 Å². The summed E-state index contributed by atoms with van der Waals surface area (Å²) in [5.41, 5.74) is 7.41. The summed E-state index contributed by atoms with van der Waals surface area (Å²) in [6.45, 7) is 5.94. The lowest BCUT2D eigenvalue weighted by atomic mass is 10.1. The van der Waals surface area contributed by atoms with Crippen LogP contribution in [0.2, 0.25) is 0 Å². The number of fused-ring (bicyclic) bond motifs is 1. The topological polar surface area (TPSA) is 95.2 Å². The third kappa shape index (κ3) is 4.10. The smallest absolute Gasteiger partial charge is 0.289 e. The van der Waals surface area contributed by atoms with E-state index in [0.717, 1.165) is 33.5 Å². The van der Waals surface area contributed by atoms with Crippen molar-refractivity contribution in [3.63, 3.8) is 0 Å². The van der Waals surface area contributed by atoms with Crippen LogP contribution in [0.1, 0.15) is 35.6 Å². The fraction of sp³-hybridized carbons (Fsp3) is 0.174. The first-order valence-corrected chi connectivity index (χ1v) is 9.74. The largest absolute Gasteiger partial charge is 0.491 e. The quantitative estimate of drug-likeness (QED) is 0.330. The number of ether oxygens (including phenoxy) is 1. The molecule has 30 heavy (non-hydrogen) atoms. The molecule has 0 atom stereocenters. The molecule has 4 rings (SSSR count). The lowest BCUT2D eigenvalue weighted by Crippen LogP contribution is -2.18. The van der Waals surface area contributed by atoms with Gasteiger partial charge in [0.05, 0.1) is 18.0 Å². The molecule has 2 heterocycles. The number of hydrogen-bond acceptors (Lipinski definition) is 4. The fourth-order valence-electron chi connectivity index (χ4n) is 3.24. The molecule has 7 nitrogen and oxygen atoms in total. The molecule has 1 amide bonds. The standard InChI is InChI=1S/C23H23N5O2/c1-14(2)30-17-10-8-16(9-11-17)21-12-22(27-26-21)23(29)28-24-13-19-15(3)25-20-7-5-4-6-18(19)20/h4-14,25H,1-3H3,(H,26,27)(H,28,29)/b24-13-. The molecule has 0 unspecified atom stereocenters. The van der Waals surface area contributed by atoms with Gasteiger partial charge in [0.15, 0.2) is 0 Å². The van der Waals surface area contributed by atoms with Crippen molar-refractivity contribution in [3.05, 3.63) is 71.5 Å². The highest BCUT2D eigenvalue weighted by Gasteiger charge is 2.11. The van der Waals surface area contributed by atoms with Gasteiger partial charge in [-0.1, -0.05) is 18.2 Å². The Morgan fingerprint density at radius 1 is 1.17 bits per heavy atom. The van der Waals surface area contributed by atoms with Gasteiger partial charge in [0.2, 0.25) is 0 Å². The van der Waals surface area contributed by atoms with Crippen LogP contribution in [0.4, 0.5) is 0 Å². The summed E-state index contributed by atoms with van der Waals surface area (Å²) in [6.07, 6.45) is 1.77. The Morgan fingerprint density at radius 2 is 1.93 bits per heavy atom. The number of aryl methyl sites for hydroxylation is 1. The van der Waals surface area contributed by atoms with E-state index in [4.69, 9.17) is 4.74 Å². The number of carbonyl (C=O) groups is 1. The molecule has 2 aromatic heterocycles. The molecule has 2 aromatic carbocycles. The van der Waals surface area contributed by atoms with Crippen molar-refractivity contribution in [1.82, 2.24) is 20.6 Å². The van der Waals surface area contributed by atoms with Crippen molar-refractivity contribution in [1.29, 1.82) is 0 Å². The molecule has 0 aliphatic heterocycles. The maximum Gasteiger partial charge on any atom is 0.289 e. The lowest BCUT2D eigenvalue weighted by Gasteiger charge is -2.09. The molecule has 7 heteroatoms. The van der Waals surface area contributed by atoms with Gasteiger partial charge in [-0.2, -0.15) is 10.2 Å². The Labute approximate surface area is 174 Å². The molecule has 0 spiro atoms. The number of aromatic nitrogens is 3. The van der Waals surface area contributed by atoms with Crippen molar-refractivity contribution in [2.75, 3.05) is 0 Å². The molecule has 0 radical (unpaired) electrons. The highest BCUT2D eigenvalue weighted by Crippen LogP contribution is 2.22. The van der Waals surface area contributed by atoms with Gasteiger partial charge in [-0.05, 0) is 57.2 Å². The number of nitrogens with one attached hydrogen (secondary N) is 3. The third-order valence-corrected chi connectivity index (χ3v) is 4.65. The molecule has 152 valence electrons. The van der Waals surface area contributed by atoms with E-state index in [2.05, 4.69) is 25.7 Å². The predicted octanol–water partition coefficient (Wildman–Crippen LogP) is 4.42. The number of rotatable bonds is 6. The average Bonchev–Trinajstić information content (AvgIpc) is 3.33. The Balaban J connectivity index is 1.44. The number of para-hydroxylation sites is 1. The molecular formula is C23H23N5O2. The first-order chi connectivity index (χ1) is 14.5. The fourth-order valence-corrected chi connectivity index (χ4v) is 3.24. The number of aromatic amines is 2. The summed E-state index contributed by atoms with van der Waals surface area (Å²) in [5.74, 6) is 0.436. The summed E-state index contributed by atoms with van der Waals surface area (Å²) in [6, 6.07) is 17.3. The van der Waals surface area contributed by atoms with E-state index >= 15 is 0 Å². The maximum absolute atomic E-state index is 12.4. The van der Waals surface area contributed by atoms with Crippen LogP contribution < -0.4 is 10.2 Å². The van der Waals surface area contributed by atoms with Crippen LogP contribution in [0.15, 0.2) is 59.7 Å². The number of amides is 1. The Morgan fingerprint density at radius 3 is 2.70 bits per heavy atom. The van der Waals surface area contributed by atoms with Gasteiger partial charge in [0.1, 0.15) is 11.4 Å². The molecule has 0 saturated carbocycles. The van der Waals surface area contributed by atoms with E-state index in [1.807, 2.05) is 69.3 Å². The van der Waals surface area contributed by atoms with Crippen LogP contribution in [0.5, 0.6) is 5.75 Å². The number of H-pyrrole nitrogens is 2. The number of benzene rings is 2. The molecule has 0 fully saturated rings. The van der Waals surface area contributed by atoms with Crippen molar-refractivity contribution in [2.45, 2.75) is 26.9 Å². The van der Waals surface area contributed by atoms with Gasteiger partial charge in [-0.3, -0.25) is 9.89 Å². The van der Waals surface area contributed by atoms with Gasteiger partial charge in [0.25, 0.3) is 5.91 Å². The highest BCUT2D eigenvalue weighted by atomic mass is 16.5. The number of hydrazone groups is 1. The molecule has 0 aliphatic carbocycles. The maximum atomic E-state index is 12.4. The molecule has 0 bridgehead atoms. The van der Waals surface area contributed by atoms with Crippen molar-refractivity contribution >= 4 is 23.0 Å². The van der Waals surface area contributed by atoms with Crippen molar-refractivity contribution in [3.8, 4) is 17.0 Å². The first kappa shape index (κ1) is 19.4. The summed E-state index contributed by atoms with van der Waals surface area (Å²) >= 11 is 0. The minimum absolute atomic E-state index is 0.116. The van der Waals surface area contributed by atoms with Crippen LogP contribution in [0.25, 0.3) is 22.2 Å². The Kier molecular flexibility index (Phi) is 5.34. The van der Waals surface area contributed by atoms with E-state index in [1.165, 1.54) is 0 Å². The normalized spacial score (nSPS) is 11.5. The Hall–Kier alpha value is -3.87. The monoisotopic (exact) mass is 401 g/mol. The van der Waals surface area contributed by atoms with Gasteiger partial charge in [-0.15, -0.1) is 0 Å². The highest BCUT2D eigenvalue weighted by molar-refractivity contribution is 6.01. The number of carbonyl (C=O) groups excluding carboxylic acids is 1. The molecule has 4 aromatic rings. The molecule has 0 saturated heterocycles. The van der Waals surface area contributed by atoms with Gasteiger partial charge in [-0.25, -0.2) is 5.43 Å². The zero-order valence-electron chi connectivity index (χ0n) is 17.1. The second kappa shape index (κ2) is 8.24. The van der Waals surface area contributed by atoms with E-state index in [0.29, 0.717) is 11.4 Å².